The molecule has 0 amide bonds. The summed E-state index contributed by atoms with van der Waals surface area (Å²) in [4.78, 5) is 2.89. The Hall–Kier alpha value is -0.0800. The van der Waals surface area contributed by atoms with Gasteiger partial charge in [0, 0.05) is 24.2 Å². The largest absolute Gasteiger partial charge is 0.314 e. The molecule has 15 heavy (non-hydrogen) atoms. The number of nitrogens with one attached hydrogen (secondary N) is 1. The highest BCUT2D eigenvalue weighted by Gasteiger charge is 2.49. The second kappa shape index (κ2) is 3.74. The van der Waals surface area contributed by atoms with Crippen LogP contribution in [0.5, 0.6) is 0 Å². The zero-order chi connectivity index (χ0) is 10.4. The number of rotatable bonds is 3. The van der Waals surface area contributed by atoms with Gasteiger partial charge in [-0.05, 0) is 44.6 Å². The molecular weight excluding hydrogens is 184 g/mol. The standard InChI is InChI=1S/C13H24N2/c1-3-14-10-7-11-4-5-12(8-10)15(11)13-6-9(13)2/h9-14H,3-8H2,1-2H3. The fourth-order valence-electron chi connectivity index (χ4n) is 3.93. The van der Waals surface area contributed by atoms with Crippen molar-refractivity contribution in [1.29, 1.82) is 0 Å². The molecule has 2 aliphatic heterocycles. The monoisotopic (exact) mass is 208 g/mol. The number of hydrogen-bond acceptors (Lipinski definition) is 2. The Morgan fingerprint density at radius 2 is 1.73 bits per heavy atom. The molecule has 1 saturated carbocycles. The van der Waals surface area contributed by atoms with E-state index in [0.717, 1.165) is 36.6 Å². The number of nitrogens with zero attached hydrogens (tertiary/aromatic N) is 1. The molecule has 4 atom stereocenters. The quantitative estimate of drug-likeness (QED) is 0.763. The Bertz CT molecular complexity index is 227. The lowest BCUT2D eigenvalue weighted by molar-refractivity contribution is 0.104. The number of fused-ring (bicyclic) bond motifs is 2. The van der Waals surface area contributed by atoms with Crippen molar-refractivity contribution >= 4 is 0 Å². The first-order valence-electron chi connectivity index (χ1n) is 6.80. The predicted molar refractivity (Wildman–Crippen MR) is 62.9 cm³/mol. The minimum atomic E-state index is 0.817. The van der Waals surface area contributed by atoms with Crippen LogP contribution in [0.25, 0.3) is 0 Å². The minimum absolute atomic E-state index is 0.817. The topological polar surface area (TPSA) is 15.3 Å². The van der Waals surface area contributed by atoms with Crippen LogP contribution in [0.1, 0.15) is 46.0 Å². The molecule has 2 heterocycles. The smallest absolute Gasteiger partial charge is 0.0130 e. The van der Waals surface area contributed by atoms with Crippen molar-refractivity contribution in [3.8, 4) is 0 Å². The van der Waals surface area contributed by atoms with Crippen molar-refractivity contribution in [2.75, 3.05) is 6.54 Å². The van der Waals surface area contributed by atoms with Gasteiger partial charge in [-0.25, -0.2) is 0 Å². The van der Waals surface area contributed by atoms with Gasteiger partial charge in [0.15, 0.2) is 0 Å². The van der Waals surface area contributed by atoms with Crippen molar-refractivity contribution in [3.05, 3.63) is 0 Å². The zero-order valence-electron chi connectivity index (χ0n) is 10.1. The summed E-state index contributed by atoms with van der Waals surface area (Å²) in [6.07, 6.45) is 7.23. The summed E-state index contributed by atoms with van der Waals surface area (Å²) in [5.74, 6) is 0.990. The predicted octanol–water partition coefficient (Wildman–Crippen LogP) is 2.00. The molecule has 0 spiro atoms. The van der Waals surface area contributed by atoms with Gasteiger partial charge >= 0.3 is 0 Å². The lowest BCUT2D eigenvalue weighted by Gasteiger charge is -2.39. The maximum Gasteiger partial charge on any atom is 0.0130 e. The molecule has 0 aromatic heterocycles. The van der Waals surface area contributed by atoms with Gasteiger partial charge < -0.3 is 5.32 Å². The highest BCUT2D eigenvalue weighted by atomic mass is 15.3. The van der Waals surface area contributed by atoms with Crippen LogP contribution in [0.2, 0.25) is 0 Å². The maximum absolute atomic E-state index is 3.65. The highest BCUT2D eigenvalue weighted by molar-refractivity contribution is 5.05. The van der Waals surface area contributed by atoms with Crippen molar-refractivity contribution in [3.63, 3.8) is 0 Å². The van der Waals surface area contributed by atoms with Gasteiger partial charge in [0.2, 0.25) is 0 Å². The molecule has 1 aliphatic carbocycles. The summed E-state index contributed by atoms with van der Waals surface area (Å²) in [5.41, 5.74) is 0. The summed E-state index contributed by atoms with van der Waals surface area (Å²) in [6.45, 7) is 5.79. The molecule has 1 N–H and O–H groups in total. The van der Waals surface area contributed by atoms with E-state index in [-0.39, 0.29) is 0 Å². The Morgan fingerprint density at radius 1 is 1.13 bits per heavy atom. The molecule has 0 aromatic rings. The molecule has 0 radical (unpaired) electrons. The zero-order valence-corrected chi connectivity index (χ0v) is 10.1. The van der Waals surface area contributed by atoms with Gasteiger partial charge in [0.1, 0.15) is 0 Å². The molecule has 0 aromatic carbocycles. The van der Waals surface area contributed by atoms with Gasteiger partial charge in [-0.2, -0.15) is 0 Å². The average Bonchev–Trinajstić information content (AvgIpc) is 2.86. The number of hydrogen-bond donors (Lipinski definition) is 1. The highest BCUT2D eigenvalue weighted by Crippen LogP contribution is 2.46. The maximum atomic E-state index is 3.65. The van der Waals surface area contributed by atoms with Crippen molar-refractivity contribution < 1.29 is 0 Å². The Balaban J connectivity index is 1.65. The number of piperidine rings is 1. The second-order valence-electron chi connectivity index (χ2n) is 5.84. The Labute approximate surface area is 93.4 Å². The van der Waals surface area contributed by atoms with E-state index in [1.807, 2.05) is 0 Å². The fourth-order valence-corrected chi connectivity index (χ4v) is 3.93. The van der Waals surface area contributed by atoms with E-state index in [4.69, 9.17) is 0 Å². The summed E-state index contributed by atoms with van der Waals surface area (Å²) >= 11 is 0. The molecule has 3 aliphatic rings. The minimum Gasteiger partial charge on any atom is -0.314 e. The molecule has 3 fully saturated rings. The Morgan fingerprint density at radius 3 is 2.20 bits per heavy atom. The third kappa shape index (κ3) is 1.72. The van der Waals surface area contributed by atoms with Crippen LogP contribution >= 0.6 is 0 Å². The molecule has 4 unspecified atom stereocenters. The van der Waals surface area contributed by atoms with Crippen LogP contribution < -0.4 is 5.32 Å². The first-order valence-corrected chi connectivity index (χ1v) is 6.80. The van der Waals surface area contributed by atoms with Crippen LogP contribution in [-0.2, 0) is 0 Å². The second-order valence-corrected chi connectivity index (χ2v) is 5.84. The molecule has 86 valence electrons. The fraction of sp³-hybridized carbons (Fsp3) is 1.00. The van der Waals surface area contributed by atoms with Gasteiger partial charge in [-0.1, -0.05) is 13.8 Å². The summed E-state index contributed by atoms with van der Waals surface area (Å²) in [7, 11) is 0. The average molecular weight is 208 g/mol. The van der Waals surface area contributed by atoms with E-state index in [2.05, 4.69) is 24.1 Å². The Kier molecular flexibility index (Phi) is 2.52. The molecule has 3 rings (SSSR count). The van der Waals surface area contributed by atoms with E-state index < -0.39 is 0 Å². The van der Waals surface area contributed by atoms with Gasteiger partial charge in [-0.3, -0.25) is 4.90 Å². The van der Waals surface area contributed by atoms with Crippen molar-refractivity contribution in [1.82, 2.24) is 10.2 Å². The van der Waals surface area contributed by atoms with Crippen LogP contribution in [0.15, 0.2) is 0 Å². The van der Waals surface area contributed by atoms with E-state index in [1.165, 1.54) is 32.1 Å². The van der Waals surface area contributed by atoms with Crippen LogP contribution in [0.3, 0.4) is 0 Å². The van der Waals surface area contributed by atoms with E-state index in [9.17, 15) is 0 Å². The van der Waals surface area contributed by atoms with Crippen LogP contribution in [0, 0.1) is 5.92 Å². The first kappa shape index (κ1) is 10.1. The molecule has 2 nitrogen and oxygen atoms in total. The normalized spacial score (nSPS) is 49.6. The lowest BCUT2D eigenvalue weighted by Crippen LogP contribution is -2.50. The van der Waals surface area contributed by atoms with Gasteiger partial charge in [0.25, 0.3) is 0 Å². The van der Waals surface area contributed by atoms with E-state index in [1.54, 1.807) is 0 Å². The lowest BCUT2D eigenvalue weighted by atomic mass is 9.97. The van der Waals surface area contributed by atoms with E-state index >= 15 is 0 Å². The van der Waals surface area contributed by atoms with Crippen molar-refractivity contribution in [2.45, 2.75) is 70.1 Å². The van der Waals surface area contributed by atoms with Crippen molar-refractivity contribution in [2.24, 2.45) is 5.92 Å². The third-order valence-electron chi connectivity index (χ3n) is 4.73. The summed E-state index contributed by atoms with van der Waals surface area (Å²) < 4.78 is 0. The molecule has 2 saturated heterocycles. The van der Waals surface area contributed by atoms with Gasteiger partial charge in [0.05, 0.1) is 0 Å². The molecule has 2 heteroatoms. The first-order chi connectivity index (χ1) is 7.29. The molecular formula is C13H24N2. The molecule has 2 bridgehead atoms. The van der Waals surface area contributed by atoms with Crippen LogP contribution in [-0.4, -0.2) is 35.6 Å². The van der Waals surface area contributed by atoms with Gasteiger partial charge in [-0.15, -0.1) is 0 Å². The third-order valence-corrected chi connectivity index (χ3v) is 4.73. The summed E-state index contributed by atoms with van der Waals surface area (Å²) in [6, 6.07) is 3.62. The SMILES string of the molecule is CCNC1CC2CCC(C1)N2C1CC1C. The van der Waals surface area contributed by atoms with E-state index in [0.29, 0.717) is 0 Å². The summed E-state index contributed by atoms with van der Waals surface area (Å²) in [5, 5.41) is 3.65. The van der Waals surface area contributed by atoms with Crippen LogP contribution in [0.4, 0.5) is 0 Å².